The number of amides is 1. The van der Waals surface area contributed by atoms with Gasteiger partial charge in [0.1, 0.15) is 0 Å². The van der Waals surface area contributed by atoms with Crippen LogP contribution in [-0.4, -0.2) is 25.5 Å². The lowest BCUT2D eigenvalue weighted by Gasteiger charge is -2.13. The zero-order valence-corrected chi connectivity index (χ0v) is 17.8. The molecule has 0 unspecified atom stereocenters. The number of anilines is 1. The lowest BCUT2D eigenvalue weighted by molar-refractivity contribution is -0.137. The molecule has 0 aliphatic carbocycles. The third-order valence-electron chi connectivity index (χ3n) is 3.67. The molecule has 0 aliphatic rings. The van der Waals surface area contributed by atoms with E-state index in [0.717, 1.165) is 12.1 Å². The zero-order valence-electron chi connectivity index (χ0n) is 15.5. The lowest BCUT2D eigenvalue weighted by atomic mass is 10.1. The Morgan fingerprint density at radius 2 is 1.86 bits per heavy atom. The topological polar surface area (TPSA) is 65.5 Å². The Morgan fingerprint density at radius 1 is 1.14 bits per heavy atom. The van der Waals surface area contributed by atoms with Gasteiger partial charge in [0.2, 0.25) is 5.91 Å². The Labute approximate surface area is 184 Å². The van der Waals surface area contributed by atoms with Crippen LogP contribution < -0.4 is 16.0 Å². The van der Waals surface area contributed by atoms with Gasteiger partial charge in [-0.1, -0.05) is 24.1 Å². The molecule has 0 bridgehead atoms. The molecule has 2 aromatic rings. The summed E-state index contributed by atoms with van der Waals surface area (Å²) >= 11 is 0. The van der Waals surface area contributed by atoms with Crippen LogP contribution in [0.4, 0.5) is 18.9 Å². The Hall–Kier alpha value is -2.74. The summed E-state index contributed by atoms with van der Waals surface area (Å²) in [5.74, 6) is 2.44. The molecule has 0 atom stereocenters. The molecule has 29 heavy (non-hydrogen) atoms. The normalized spacial score (nSPS) is 11.1. The van der Waals surface area contributed by atoms with Gasteiger partial charge >= 0.3 is 6.18 Å². The molecule has 0 fully saturated rings. The number of hydrogen-bond acceptors (Lipinski definition) is 2. The molecule has 1 amide bonds. The summed E-state index contributed by atoms with van der Waals surface area (Å²) in [7, 11) is 1.50. The van der Waals surface area contributed by atoms with Gasteiger partial charge in [0.25, 0.3) is 0 Å². The highest BCUT2D eigenvalue weighted by molar-refractivity contribution is 14.0. The Balaban J connectivity index is 0.00000420. The molecule has 0 saturated carbocycles. The van der Waals surface area contributed by atoms with Crippen LogP contribution in [-0.2, 0) is 17.5 Å². The van der Waals surface area contributed by atoms with Crippen LogP contribution in [0.1, 0.15) is 16.7 Å². The van der Waals surface area contributed by atoms with Gasteiger partial charge in [-0.2, -0.15) is 13.2 Å². The van der Waals surface area contributed by atoms with Gasteiger partial charge in [-0.25, -0.2) is 0 Å². The largest absolute Gasteiger partial charge is 0.416 e. The minimum absolute atomic E-state index is 0. The Bertz CT molecular complexity index is 907. The predicted molar refractivity (Wildman–Crippen MR) is 118 cm³/mol. The fourth-order valence-electron chi connectivity index (χ4n) is 2.32. The van der Waals surface area contributed by atoms with Crippen molar-refractivity contribution >= 4 is 41.5 Å². The van der Waals surface area contributed by atoms with Crippen molar-refractivity contribution in [3.05, 3.63) is 65.2 Å². The van der Waals surface area contributed by atoms with Gasteiger partial charge in [-0.05, 0) is 35.9 Å². The first-order valence-electron chi connectivity index (χ1n) is 8.29. The molecular weight excluding hydrogens is 496 g/mol. The average Bonchev–Trinajstić information content (AvgIpc) is 2.68. The number of benzene rings is 2. The first kappa shape index (κ1) is 24.3. The molecule has 3 N–H and O–H groups in total. The van der Waals surface area contributed by atoms with Crippen LogP contribution in [0.15, 0.2) is 53.5 Å². The van der Waals surface area contributed by atoms with Crippen LogP contribution in [0.2, 0.25) is 0 Å². The average molecular weight is 516 g/mol. The molecule has 0 radical (unpaired) electrons. The second kappa shape index (κ2) is 11.3. The van der Waals surface area contributed by atoms with Crippen molar-refractivity contribution in [2.45, 2.75) is 12.7 Å². The number of carbonyl (C=O) groups is 1. The second-order valence-corrected chi connectivity index (χ2v) is 5.75. The van der Waals surface area contributed by atoms with E-state index in [1.54, 1.807) is 30.3 Å². The number of terminal acetylenes is 1. The maximum Gasteiger partial charge on any atom is 0.416 e. The third kappa shape index (κ3) is 8.03. The zero-order chi connectivity index (χ0) is 20.6. The van der Waals surface area contributed by atoms with Crippen molar-refractivity contribution in [2.75, 3.05) is 18.9 Å². The summed E-state index contributed by atoms with van der Waals surface area (Å²) in [4.78, 5) is 16.0. The maximum atomic E-state index is 12.8. The van der Waals surface area contributed by atoms with Crippen molar-refractivity contribution in [1.29, 1.82) is 0 Å². The van der Waals surface area contributed by atoms with Crippen LogP contribution in [0.5, 0.6) is 0 Å². The van der Waals surface area contributed by atoms with Crippen molar-refractivity contribution in [2.24, 2.45) is 4.99 Å². The summed E-state index contributed by atoms with van der Waals surface area (Å²) in [6, 6.07) is 11.8. The van der Waals surface area contributed by atoms with Gasteiger partial charge in [-0.15, -0.1) is 30.4 Å². The highest BCUT2D eigenvalue weighted by atomic mass is 127. The highest BCUT2D eigenvalue weighted by Gasteiger charge is 2.30. The molecule has 9 heteroatoms. The number of alkyl halides is 3. The van der Waals surface area contributed by atoms with E-state index in [4.69, 9.17) is 6.42 Å². The first-order chi connectivity index (χ1) is 13.3. The quantitative estimate of drug-likeness (QED) is 0.246. The van der Waals surface area contributed by atoms with E-state index in [-0.39, 0.29) is 48.9 Å². The molecule has 0 saturated heterocycles. The fraction of sp³-hybridized carbons (Fsp3) is 0.200. The number of nitrogens with one attached hydrogen (secondary N) is 3. The number of guanidine groups is 1. The Morgan fingerprint density at radius 3 is 2.52 bits per heavy atom. The number of halogens is 4. The molecule has 154 valence electrons. The highest BCUT2D eigenvalue weighted by Crippen LogP contribution is 2.29. The van der Waals surface area contributed by atoms with E-state index >= 15 is 0 Å². The molecule has 0 spiro atoms. The predicted octanol–water partition coefficient (Wildman–Crippen LogP) is 3.61. The van der Waals surface area contributed by atoms with Crippen LogP contribution in [0.3, 0.4) is 0 Å². The molecule has 0 heterocycles. The van der Waals surface area contributed by atoms with Gasteiger partial charge < -0.3 is 16.0 Å². The van der Waals surface area contributed by atoms with Crippen molar-refractivity contribution in [3.63, 3.8) is 0 Å². The van der Waals surface area contributed by atoms with E-state index in [1.165, 1.54) is 13.1 Å². The molecular formula is C20H20F3IN4O. The third-order valence-corrected chi connectivity index (χ3v) is 3.67. The molecule has 5 nitrogen and oxygen atoms in total. The first-order valence-corrected chi connectivity index (χ1v) is 8.29. The molecule has 0 aromatic heterocycles. The number of hydrogen-bond donors (Lipinski definition) is 3. The number of aliphatic imine (C=N–C) groups is 1. The summed E-state index contributed by atoms with van der Waals surface area (Å²) in [5, 5.41) is 8.35. The van der Waals surface area contributed by atoms with Gasteiger partial charge in [-0.3, -0.25) is 9.79 Å². The van der Waals surface area contributed by atoms with E-state index < -0.39 is 11.7 Å². The standard InChI is InChI=1S/C20H19F3N4O.HI/c1-3-14-6-5-9-17(11-14)27-18(28)13-26-19(24-2)25-12-15-7-4-8-16(10-15)20(21,22)23;/h1,4-11H,12-13H2,2H3,(H,27,28)(H2,24,25,26);1H. The monoisotopic (exact) mass is 516 g/mol. The number of carbonyl (C=O) groups excluding carboxylic acids is 1. The van der Waals surface area contributed by atoms with Crippen LogP contribution in [0.25, 0.3) is 0 Å². The van der Waals surface area contributed by atoms with Crippen LogP contribution in [0, 0.1) is 12.3 Å². The minimum Gasteiger partial charge on any atom is -0.352 e. The molecule has 0 aliphatic heterocycles. The van der Waals surface area contributed by atoms with Crippen molar-refractivity contribution in [3.8, 4) is 12.3 Å². The molecule has 2 aromatic carbocycles. The second-order valence-electron chi connectivity index (χ2n) is 5.75. The number of rotatable bonds is 5. The van der Waals surface area contributed by atoms with Crippen molar-refractivity contribution < 1.29 is 18.0 Å². The smallest absolute Gasteiger partial charge is 0.352 e. The van der Waals surface area contributed by atoms with Crippen LogP contribution >= 0.6 is 24.0 Å². The SMILES string of the molecule is C#Cc1cccc(NC(=O)CNC(=NC)NCc2cccc(C(F)(F)F)c2)c1.I. The van der Waals surface area contributed by atoms with Gasteiger partial charge in [0.05, 0.1) is 12.1 Å². The van der Waals surface area contributed by atoms with Gasteiger partial charge in [0.15, 0.2) is 5.96 Å². The fourth-order valence-corrected chi connectivity index (χ4v) is 2.32. The minimum atomic E-state index is -4.40. The molecule has 2 rings (SSSR count). The summed E-state index contributed by atoms with van der Waals surface area (Å²) in [5.41, 5.74) is 0.926. The van der Waals surface area contributed by atoms with Gasteiger partial charge in [0, 0.05) is 24.8 Å². The summed E-state index contributed by atoms with van der Waals surface area (Å²) in [6.45, 7) is 0.0397. The Kier molecular flexibility index (Phi) is 9.47. The van der Waals surface area contributed by atoms with E-state index in [2.05, 4.69) is 26.9 Å². The summed E-state index contributed by atoms with van der Waals surface area (Å²) in [6.07, 6.45) is 0.921. The summed E-state index contributed by atoms with van der Waals surface area (Å²) < 4.78 is 38.3. The van der Waals surface area contributed by atoms with E-state index in [1.807, 2.05) is 0 Å². The maximum absolute atomic E-state index is 12.8. The van der Waals surface area contributed by atoms with E-state index in [9.17, 15) is 18.0 Å². The van der Waals surface area contributed by atoms with Crippen molar-refractivity contribution in [1.82, 2.24) is 10.6 Å². The number of nitrogens with zero attached hydrogens (tertiary/aromatic N) is 1. The van der Waals surface area contributed by atoms with E-state index in [0.29, 0.717) is 16.8 Å². The lowest BCUT2D eigenvalue weighted by Crippen LogP contribution is -2.41.